The van der Waals surface area contributed by atoms with Gasteiger partial charge in [0, 0.05) is 18.1 Å². The van der Waals surface area contributed by atoms with Crippen molar-refractivity contribution in [2.45, 2.75) is 25.7 Å². The van der Waals surface area contributed by atoms with Crippen LogP contribution in [0.3, 0.4) is 0 Å². The van der Waals surface area contributed by atoms with Crippen LogP contribution in [0.2, 0.25) is 0 Å². The first-order chi connectivity index (χ1) is 12.5. The smallest absolute Gasteiger partial charge is 0.310 e. The van der Waals surface area contributed by atoms with Crippen LogP contribution in [0.25, 0.3) is 0 Å². The molecule has 1 aliphatic heterocycles. The minimum atomic E-state index is -3.10. The Bertz CT molecular complexity index is 893. The number of hydrogen-bond acceptors (Lipinski definition) is 2. The number of aliphatic carboxylic acids is 1. The number of carbonyl (C=O) groups is 2. The molecule has 0 saturated heterocycles. The van der Waals surface area contributed by atoms with Crippen molar-refractivity contribution >= 4 is 17.6 Å². The van der Waals surface area contributed by atoms with Gasteiger partial charge in [0.2, 0.25) is 0 Å². The fraction of sp³-hybridized carbons (Fsp3) is 0.222. The molecule has 0 aliphatic carbocycles. The summed E-state index contributed by atoms with van der Waals surface area (Å²) in [5.74, 6) is -3.59. The molecule has 2 aromatic carbocycles. The Labute approximate surface area is 136 Å². The Morgan fingerprint density at radius 1 is 1.32 bits per heavy atom. The highest BCUT2D eigenvalue weighted by molar-refractivity contribution is 6.09. The normalized spacial score (nSPS) is 19.4. The van der Waals surface area contributed by atoms with Crippen molar-refractivity contribution in [3.8, 4) is 0 Å². The van der Waals surface area contributed by atoms with Crippen LogP contribution in [0.1, 0.15) is 47.5 Å². The van der Waals surface area contributed by atoms with Crippen molar-refractivity contribution in [2.24, 2.45) is 0 Å². The van der Waals surface area contributed by atoms with Crippen LogP contribution in [0.4, 0.5) is 5.69 Å². The number of carbonyl (C=O) groups excluding carboxylic acids is 1. The van der Waals surface area contributed by atoms with Crippen molar-refractivity contribution in [3.05, 3.63) is 65.2 Å². The SMILES string of the molecule is [2H]C([2H])([2H])C([2H])([2H])C(C(=O)O)c1ccc(N2Cc3ccccc3C2=O)cc1. The molecule has 4 nitrogen and oxygen atoms in total. The number of rotatable bonds is 4. The molecule has 0 bridgehead atoms. The number of amides is 1. The molecule has 2 aromatic rings. The van der Waals surface area contributed by atoms with Gasteiger partial charge < -0.3 is 10.0 Å². The molecule has 3 rings (SSSR count). The second kappa shape index (κ2) is 5.64. The van der Waals surface area contributed by atoms with E-state index in [4.69, 9.17) is 6.85 Å². The predicted molar refractivity (Wildman–Crippen MR) is 84.1 cm³/mol. The summed E-state index contributed by atoms with van der Waals surface area (Å²) in [4.78, 5) is 25.6. The zero-order chi connectivity index (χ0) is 20.0. The van der Waals surface area contributed by atoms with E-state index in [9.17, 15) is 14.7 Å². The molecule has 112 valence electrons. The zero-order valence-electron chi connectivity index (χ0n) is 16.6. The van der Waals surface area contributed by atoms with Crippen LogP contribution >= 0.6 is 0 Å². The topological polar surface area (TPSA) is 57.6 Å². The third-order valence-corrected chi connectivity index (χ3v) is 3.75. The molecular weight excluding hydrogens is 278 g/mol. The van der Waals surface area contributed by atoms with E-state index in [1.54, 1.807) is 12.1 Å². The number of nitrogens with zero attached hydrogens (tertiary/aromatic N) is 1. The number of carboxylic acids is 1. The van der Waals surface area contributed by atoms with Gasteiger partial charge in [-0.2, -0.15) is 0 Å². The predicted octanol–water partition coefficient (Wildman–Crippen LogP) is 3.43. The van der Waals surface area contributed by atoms with Gasteiger partial charge in [-0.1, -0.05) is 37.2 Å². The lowest BCUT2D eigenvalue weighted by atomic mass is 9.96. The molecule has 0 saturated carbocycles. The van der Waals surface area contributed by atoms with Gasteiger partial charge in [-0.25, -0.2) is 0 Å². The second-order valence-corrected chi connectivity index (χ2v) is 5.06. The van der Waals surface area contributed by atoms with Crippen molar-refractivity contribution in [1.82, 2.24) is 0 Å². The molecule has 1 N–H and O–H groups in total. The van der Waals surface area contributed by atoms with E-state index in [2.05, 4.69) is 0 Å². The number of anilines is 1. The Morgan fingerprint density at radius 2 is 2.05 bits per heavy atom. The monoisotopic (exact) mass is 300 g/mol. The average Bonchev–Trinajstić information content (AvgIpc) is 2.91. The molecule has 0 spiro atoms. The first-order valence-electron chi connectivity index (χ1n) is 9.26. The second-order valence-electron chi connectivity index (χ2n) is 5.06. The van der Waals surface area contributed by atoms with Crippen molar-refractivity contribution in [1.29, 1.82) is 0 Å². The van der Waals surface area contributed by atoms with E-state index in [0.29, 0.717) is 17.8 Å². The van der Waals surface area contributed by atoms with E-state index >= 15 is 0 Å². The maximum absolute atomic E-state index is 12.5. The quantitative estimate of drug-likeness (QED) is 0.941. The summed E-state index contributed by atoms with van der Waals surface area (Å²) < 4.78 is 37.6. The lowest BCUT2D eigenvalue weighted by molar-refractivity contribution is -0.138. The van der Waals surface area contributed by atoms with Crippen LogP contribution in [-0.2, 0) is 11.3 Å². The molecular formula is C18H17NO3. The maximum atomic E-state index is 12.5. The summed E-state index contributed by atoms with van der Waals surface area (Å²) in [6.45, 7) is -2.71. The van der Waals surface area contributed by atoms with Crippen molar-refractivity contribution in [3.63, 3.8) is 0 Å². The average molecular weight is 300 g/mol. The van der Waals surface area contributed by atoms with Gasteiger partial charge in [-0.15, -0.1) is 0 Å². The first kappa shape index (κ1) is 9.41. The summed E-state index contributed by atoms with van der Waals surface area (Å²) in [6, 6.07) is 12.9. The first-order valence-corrected chi connectivity index (χ1v) is 6.76. The number of fused-ring (bicyclic) bond motifs is 1. The van der Waals surface area contributed by atoms with E-state index in [-0.39, 0.29) is 11.5 Å². The summed E-state index contributed by atoms with van der Waals surface area (Å²) in [7, 11) is 0. The van der Waals surface area contributed by atoms with Crippen LogP contribution in [0.15, 0.2) is 48.5 Å². The summed E-state index contributed by atoms with van der Waals surface area (Å²) in [6.07, 6.45) is -2.94. The van der Waals surface area contributed by atoms with E-state index in [1.165, 1.54) is 29.2 Å². The van der Waals surface area contributed by atoms with Gasteiger partial charge in [0.05, 0.1) is 12.5 Å². The lowest BCUT2D eigenvalue weighted by Gasteiger charge is -2.17. The van der Waals surface area contributed by atoms with Crippen molar-refractivity contribution < 1.29 is 21.5 Å². The lowest BCUT2D eigenvalue weighted by Crippen LogP contribution is -2.23. The van der Waals surface area contributed by atoms with Gasteiger partial charge in [0.15, 0.2) is 0 Å². The van der Waals surface area contributed by atoms with E-state index < -0.39 is 25.1 Å². The van der Waals surface area contributed by atoms with Gasteiger partial charge in [-0.3, -0.25) is 9.59 Å². The van der Waals surface area contributed by atoms with Gasteiger partial charge in [0.1, 0.15) is 0 Å². The van der Waals surface area contributed by atoms with Crippen LogP contribution < -0.4 is 4.90 Å². The summed E-state index contributed by atoms with van der Waals surface area (Å²) >= 11 is 0. The highest BCUT2D eigenvalue weighted by atomic mass is 16.4. The summed E-state index contributed by atoms with van der Waals surface area (Å²) in [5.41, 5.74) is 2.03. The molecule has 4 heteroatoms. The number of carboxylic acid groups (broad SMARTS) is 1. The molecule has 22 heavy (non-hydrogen) atoms. The molecule has 1 atom stereocenters. The molecule has 0 fully saturated rings. The van der Waals surface area contributed by atoms with Gasteiger partial charge in [-0.05, 0) is 35.7 Å². The standard InChI is InChI=1S/C18H17NO3/c1-2-15(18(21)22)12-7-9-14(10-8-12)19-11-13-5-3-4-6-16(13)17(19)20/h3-10,15H,2,11H2,1H3,(H,21,22)/i1D3,2D2. The van der Waals surface area contributed by atoms with Crippen LogP contribution in [0, 0.1) is 0 Å². The Kier molecular flexibility index (Phi) is 2.41. The fourth-order valence-electron chi connectivity index (χ4n) is 2.60. The van der Waals surface area contributed by atoms with Gasteiger partial charge >= 0.3 is 5.97 Å². The van der Waals surface area contributed by atoms with Crippen LogP contribution in [0.5, 0.6) is 0 Å². The molecule has 0 radical (unpaired) electrons. The molecule has 1 heterocycles. The van der Waals surface area contributed by atoms with Crippen molar-refractivity contribution in [2.75, 3.05) is 4.90 Å². The number of benzene rings is 2. The third kappa shape index (κ3) is 2.37. The molecule has 1 unspecified atom stereocenters. The Morgan fingerprint density at radius 3 is 2.68 bits per heavy atom. The molecule has 1 amide bonds. The minimum absolute atomic E-state index is 0.0246. The number of hydrogen-bond donors (Lipinski definition) is 1. The minimum Gasteiger partial charge on any atom is -0.481 e. The summed E-state index contributed by atoms with van der Waals surface area (Å²) in [5, 5.41) is 9.41. The largest absolute Gasteiger partial charge is 0.481 e. The third-order valence-electron chi connectivity index (χ3n) is 3.75. The fourth-order valence-corrected chi connectivity index (χ4v) is 2.60. The van der Waals surface area contributed by atoms with Crippen LogP contribution in [-0.4, -0.2) is 17.0 Å². The highest BCUT2D eigenvalue weighted by Gasteiger charge is 2.28. The van der Waals surface area contributed by atoms with E-state index in [0.717, 1.165) is 5.56 Å². The Balaban J connectivity index is 1.91. The van der Waals surface area contributed by atoms with E-state index in [1.807, 2.05) is 12.1 Å². The Hall–Kier alpha value is -2.62. The molecule has 0 aromatic heterocycles. The maximum Gasteiger partial charge on any atom is 0.310 e. The highest BCUT2D eigenvalue weighted by Crippen LogP contribution is 2.29. The zero-order valence-corrected chi connectivity index (χ0v) is 11.6. The molecule has 1 aliphatic rings. The van der Waals surface area contributed by atoms with Gasteiger partial charge in [0.25, 0.3) is 5.91 Å².